The summed E-state index contributed by atoms with van der Waals surface area (Å²) in [6.45, 7) is 5.57. The summed E-state index contributed by atoms with van der Waals surface area (Å²) < 4.78 is 6.09. The van der Waals surface area contributed by atoms with Gasteiger partial charge >= 0.3 is 0 Å². The Morgan fingerprint density at radius 1 is 0.840 bits per heavy atom. The summed E-state index contributed by atoms with van der Waals surface area (Å²) in [7, 11) is 0. The van der Waals surface area contributed by atoms with Crippen molar-refractivity contribution in [3.8, 4) is 0 Å². The van der Waals surface area contributed by atoms with Crippen LogP contribution in [0.3, 0.4) is 0 Å². The number of benzene rings is 1. The van der Waals surface area contributed by atoms with Crippen LogP contribution in [0.5, 0.6) is 0 Å². The Bertz CT molecular complexity index is 475. The molecule has 1 heterocycles. The van der Waals surface area contributed by atoms with Crippen molar-refractivity contribution in [1.29, 1.82) is 0 Å². The summed E-state index contributed by atoms with van der Waals surface area (Å²) in [5.41, 5.74) is 3.08. The van der Waals surface area contributed by atoms with Gasteiger partial charge in [-0.15, -0.1) is 0 Å². The van der Waals surface area contributed by atoms with E-state index in [0.717, 1.165) is 24.4 Å². The maximum absolute atomic E-state index is 6.09. The van der Waals surface area contributed by atoms with Crippen molar-refractivity contribution in [3.63, 3.8) is 0 Å². The molecule has 2 aliphatic rings. The van der Waals surface area contributed by atoms with Gasteiger partial charge in [-0.1, -0.05) is 51.0 Å². The zero-order chi connectivity index (χ0) is 17.5. The fraction of sp³-hybridized carbons (Fsp3) is 0.750. The molecule has 0 N–H and O–H groups in total. The van der Waals surface area contributed by atoms with Gasteiger partial charge in [0.15, 0.2) is 0 Å². The van der Waals surface area contributed by atoms with Gasteiger partial charge in [-0.05, 0) is 86.7 Å². The fourth-order valence-corrected chi connectivity index (χ4v) is 4.86. The Hall–Kier alpha value is -0.820. The van der Waals surface area contributed by atoms with Crippen molar-refractivity contribution in [2.75, 3.05) is 6.61 Å². The van der Waals surface area contributed by atoms with Crippen LogP contribution in [0.25, 0.3) is 0 Å². The first kappa shape index (κ1) is 19.0. The molecule has 3 rings (SSSR count). The van der Waals surface area contributed by atoms with Crippen LogP contribution in [0.15, 0.2) is 24.3 Å². The molecule has 0 amide bonds. The zero-order valence-corrected chi connectivity index (χ0v) is 16.5. The lowest BCUT2D eigenvalue weighted by Gasteiger charge is -2.32. The van der Waals surface area contributed by atoms with Gasteiger partial charge in [-0.25, -0.2) is 0 Å². The SMILES string of the molecule is CCCc1ccc(C2CCC(CCC3CCC(CC)CO3)CC2)cc1. The third kappa shape index (κ3) is 5.58. The van der Waals surface area contributed by atoms with Crippen molar-refractivity contribution >= 4 is 0 Å². The molecular formula is C24H38O. The predicted molar refractivity (Wildman–Crippen MR) is 107 cm³/mol. The standard InChI is InChI=1S/C24H38O/c1-3-5-20-6-12-22(13-7-20)23-14-8-21(9-15-23)11-17-24-16-10-19(4-2)18-25-24/h6-7,12-13,19,21,23-24H,3-5,8-11,14-18H2,1-2H3. The van der Waals surface area contributed by atoms with Gasteiger partial charge in [0, 0.05) is 6.61 Å². The highest BCUT2D eigenvalue weighted by molar-refractivity contribution is 5.25. The maximum Gasteiger partial charge on any atom is 0.0575 e. The number of rotatable bonds is 7. The Labute approximate surface area is 155 Å². The molecule has 1 aromatic rings. The van der Waals surface area contributed by atoms with Crippen LogP contribution < -0.4 is 0 Å². The second-order valence-corrected chi connectivity index (χ2v) is 8.59. The summed E-state index contributed by atoms with van der Waals surface area (Å²) >= 11 is 0. The maximum atomic E-state index is 6.09. The van der Waals surface area contributed by atoms with E-state index in [1.54, 1.807) is 5.56 Å². The van der Waals surface area contributed by atoms with E-state index in [-0.39, 0.29) is 0 Å². The Kier molecular flexibility index (Phi) is 7.40. The second-order valence-electron chi connectivity index (χ2n) is 8.59. The van der Waals surface area contributed by atoms with Gasteiger partial charge in [0.25, 0.3) is 0 Å². The Morgan fingerprint density at radius 2 is 1.56 bits per heavy atom. The van der Waals surface area contributed by atoms with Gasteiger partial charge in [-0.2, -0.15) is 0 Å². The lowest BCUT2D eigenvalue weighted by molar-refractivity contribution is -0.0240. The molecule has 1 saturated carbocycles. The first-order valence-corrected chi connectivity index (χ1v) is 11.0. The molecule has 0 bridgehead atoms. The van der Waals surface area contributed by atoms with E-state index in [1.165, 1.54) is 76.2 Å². The second kappa shape index (κ2) is 9.76. The van der Waals surface area contributed by atoms with Crippen LogP contribution in [-0.4, -0.2) is 12.7 Å². The summed E-state index contributed by atoms with van der Waals surface area (Å²) in [5.74, 6) is 2.58. The van der Waals surface area contributed by atoms with Gasteiger partial charge in [0.1, 0.15) is 0 Å². The minimum atomic E-state index is 0.562. The van der Waals surface area contributed by atoms with Gasteiger partial charge < -0.3 is 4.74 Å². The predicted octanol–water partition coefficient (Wildman–Crippen LogP) is 6.90. The summed E-state index contributed by atoms with van der Waals surface area (Å²) in [6.07, 6.45) is 15.3. The molecule has 0 aromatic heterocycles. The molecule has 2 atom stereocenters. The largest absolute Gasteiger partial charge is 0.378 e. The summed E-state index contributed by atoms with van der Waals surface area (Å²) in [5, 5.41) is 0. The first-order chi connectivity index (χ1) is 12.3. The van der Waals surface area contributed by atoms with Crippen LogP contribution in [0.4, 0.5) is 0 Å². The topological polar surface area (TPSA) is 9.23 Å². The van der Waals surface area contributed by atoms with E-state index in [2.05, 4.69) is 38.1 Å². The van der Waals surface area contributed by atoms with E-state index in [1.807, 2.05) is 0 Å². The van der Waals surface area contributed by atoms with E-state index in [9.17, 15) is 0 Å². The fourth-order valence-electron chi connectivity index (χ4n) is 4.86. The highest BCUT2D eigenvalue weighted by Crippen LogP contribution is 2.38. The molecule has 1 aromatic carbocycles. The summed E-state index contributed by atoms with van der Waals surface area (Å²) in [6, 6.07) is 9.51. The van der Waals surface area contributed by atoms with E-state index >= 15 is 0 Å². The van der Waals surface area contributed by atoms with Gasteiger partial charge in [0.2, 0.25) is 0 Å². The number of ether oxygens (including phenoxy) is 1. The number of hydrogen-bond donors (Lipinski definition) is 0. The normalized spacial score (nSPS) is 30.3. The molecule has 2 fully saturated rings. The lowest BCUT2D eigenvalue weighted by atomic mass is 9.76. The molecule has 140 valence electrons. The van der Waals surface area contributed by atoms with Crippen LogP contribution >= 0.6 is 0 Å². The van der Waals surface area contributed by atoms with Crippen LogP contribution in [0.2, 0.25) is 0 Å². The molecular weight excluding hydrogens is 304 g/mol. The van der Waals surface area contributed by atoms with Gasteiger partial charge in [-0.3, -0.25) is 0 Å². The van der Waals surface area contributed by atoms with Crippen molar-refractivity contribution < 1.29 is 4.74 Å². The Morgan fingerprint density at radius 3 is 2.16 bits per heavy atom. The average Bonchev–Trinajstić information content (AvgIpc) is 2.68. The van der Waals surface area contributed by atoms with E-state index in [0.29, 0.717) is 6.10 Å². The molecule has 0 radical (unpaired) electrons. The molecule has 2 unspecified atom stereocenters. The molecule has 1 aliphatic carbocycles. The molecule has 1 saturated heterocycles. The van der Waals surface area contributed by atoms with Crippen molar-refractivity contribution in [3.05, 3.63) is 35.4 Å². The highest BCUT2D eigenvalue weighted by atomic mass is 16.5. The Balaban J connectivity index is 1.37. The quantitative estimate of drug-likeness (QED) is 0.523. The molecule has 1 heteroatoms. The van der Waals surface area contributed by atoms with Crippen LogP contribution in [0, 0.1) is 11.8 Å². The summed E-state index contributed by atoms with van der Waals surface area (Å²) in [4.78, 5) is 0. The van der Waals surface area contributed by atoms with E-state index in [4.69, 9.17) is 4.74 Å². The van der Waals surface area contributed by atoms with Crippen LogP contribution in [0.1, 0.15) is 95.1 Å². The third-order valence-electron chi connectivity index (χ3n) is 6.78. The van der Waals surface area contributed by atoms with Gasteiger partial charge in [0.05, 0.1) is 6.10 Å². The van der Waals surface area contributed by atoms with Crippen LogP contribution in [-0.2, 0) is 11.2 Å². The van der Waals surface area contributed by atoms with Crippen molar-refractivity contribution in [2.45, 2.75) is 96.5 Å². The van der Waals surface area contributed by atoms with E-state index < -0.39 is 0 Å². The smallest absolute Gasteiger partial charge is 0.0575 e. The zero-order valence-electron chi connectivity index (χ0n) is 16.5. The van der Waals surface area contributed by atoms with Crippen molar-refractivity contribution in [1.82, 2.24) is 0 Å². The number of hydrogen-bond acceptors (Lipinski definition) is 1. The third-order valence-corrected chi connectivity index (χ3v) is 6.78. The highest BCUT2D eigenvalue weighted by Gasteiger charge is 2.25. The lowest BCUT2D eigenvalue weighted by Crippen LogP contribution is -2.26. The number of aryl methyl sites for hydroxylation is 1. The average molecular weight is 343 g/mol. The molecule has 1 nitrogen and oxygen atoms in total. The molecule has 1 aliphatic heterocycles. The van der Waals surface area contributed by atoms with Crippen molar-refractivity contribution in [2.24, 2.45) is 11.8 Å². The molecule has 25 heavy (non-hydrogen) atoms. The molecule has 0 spiro atoms. The minimum Gasteiger partial charge on any atom is -0.378 e. The monoisotopic (exact) mass is 342 g/mol. The minimum absolute atomic E-state index is 0.562. The first-order valence-electron chi connectivity index (χ1n) is 11.0.